The van der Waals surface area contributed by atoms with E-state index in [1.807, 2.05) is 72.8 Å². The summed E-state index contributed by atoms with van der Waals surface area (Å²) < 4.78 is 0. The van der Waals surface area contributed by atoms with Gasteiger partial charge in [0.15, 0.2) is 5.78 Å². The van der Waals surface area contributed by atoms with Crippen LogP contribution < -0.4 is 5.32 Å². The molecule has 1 unspecified atom stereocenters. The predicted molar refractivity (Wildman–Crippen MR) is 169 cm³/mol. The molecule has 1 aromatic heterocycles. The minimum Gasteiger partial charge on any atom is -0.349 e. The normalized spacial score (nSPS) is 17.6. The Labute approximate surface area is 249 Å². The van der Waals surface area contributed by atoms with Gasteiger partial charge in [-0.25, -0.2) is 4.98 Å². The number of para-hydroxylation sites is 1. The zero-order valence-electron chi connectivity index (χ0n) is 24.6. The number of nitrogens with one attached hydrogen (secondary N) is 1. The number of amides is 1. The molecule has 1 saturated carbocycles. The molecular formula is C37H41N3O2. The van der Waals surface area contributed by atoms with Crippen molar-refractivity contribution < 1.29 is 9.59 Å². The largest absolute Gasteiger partial charge is 0.349 e. The number of hydrogen-bond acceptors (Lipinski definition) is 4. The standard InChI is InChI=1S/C37H41N3O2/c1-26(27-13-5-2-6-14-27)38-37(42)34-31-19-11-12-20-33(31)39-35(28-15-7-3-8-16-28)32(34)25-40-23-21-30(22-24-40)36(41)29-17-9-4-10-18-29/h3-4,7-12,15-20,26-27,30H,2,5-6,13-14,21-25H2,1H3,(H,38,42). The number of Topliss-reactive ketones (excluding diaryl/α,β-unsaturated/α-hetero) is 1. The maximum atomic E-state index is 14.3. The number of carbonyl (C=O) groups excluding carboxylic acids is 2. The first-order valence-corrected chi connectivity index (χ1v) is 15.7. The van der Waals surface area contributed by atoms with Crippen LogP contribution in [0.3, 0.4) is 0 Å². The van der Waals surface area contributed by atoms with Gasteiger partial charge in [-0.05, 0) is 57.7 Å². The number of ketones is 1. The summed E-state index contributed by atoms with van der Waals surface area (Å²) in [5, 5.41) is 4.32. The fraction of sp³-hybridized carbons (Fsp3) is 0.378. The lowest BCUT2D eigenvalue weighted by Crippen LogP contribution is -2.40. The lowest BCUT2D eigenvalue weighted by atomic mass is 9.84. The summed E-state index contributed by atoms with van der Waals surface area (Å²) in [6, 6.07) is 28.0. The molecule has 1 atom stereocenters. The molecule has 5 nitrogen and oxygen atoms in total. The molecule has 2 heterocycles. The van der Waals surface area contributed by atoms with E-state index in [2.05, 4.69) is 29.3 Å². The van der Waals surface area contributed by atoms with Crippen molar-refractivity contribution in [3.63, 3.8) is 0 Å². The fourth-order valence-electron chi connectivity index (χ4n) is 6.95. The van der Waals surface area contributed by atoms with E-state index in [-0.39, 0.29) is 23.7 Å². The molecule has 6 rings (SSSR count). The SMILES string of the molecule is CC(NC(=O)c1c(CN2CCC(C(=O)c3ccccc3)CC2)c(-c2ccccc2)nc2ccccc12)C1CCCCC1. The second-order valence-corrected chi connectivity index (χ2v) is 12.1. The van der Waals surface area contributed by atoms with Crippen molar-refractivity contribution in [3.05, 3.63) is 102 Å². The molecule has 42 heavy (non-hydrogen) atoms. The van der Waals surface area contributed by atoms with Crippen molar-refractivity contribution in [2.75, 3.05) is 13.1 Å². The Balaban J connectivity index is 1.32. The van der Waals surface area contributed by atoms with Crippen molar-refractivity contribution >= 4 is 22.6 Å². The maximum Gasteiger partial charge on any atom is 0.252 e. The van der Waals surface area contributed by atoms with Gasteiger partial charge in [0.2, 0.25) is 0 Å². The van der Waals surface area contributed by atoms with Gasteiger partial charge in [-0.1, -0.05) is 98.1 Å². The maximum absolute atomic E-state index is 14.3. The van der Waals surface area contributed by atoms with Crippen LogP contribution in [-0.4, -0.2) is 40.7 Å². The van der Waals surface area contributed by atoms with Crippen molar-refractivity contribution in [3.8, 4) is 11.3 Å². The molecule has 0 radical (unpaired) electrons. The molecule has 2 aliphatic rings. The lowest BCUT2D eigenvalue weighted by Gasteiger charge is -2.33. The molecule has 0 bridgehead atoms. The number of hydrogen-bond donors (Lipinski definition) is 1. The van der Waals surface area contributed by atoms with Gasteiger partial charge in [0.25, 0.3) is 5.91 Å². The van der Waals surface area contributed by atoms with Crippen LogP contribution >= 0.6 is 0 Å². The summed E-state index contributed by atoms with van der Waals surface area (Å²) in [7, 11) is 0. The number of rotatable bonds is 8. The first-order valence-electron chi connectivity index (χ1n) is 15.7. The third kappa shape index (κ3) is 6.17. The molecule has 1 saturated heterocycles. The van der Waals surface area contributed by atoms with Gasteiger partial charge < -0.3 is 5.32 Å². The molecule has 216 valence electrons. The molecule has 1 aliphatic carbocycles. The molecule has 5 heteroatoms. The van der Waals surface area contributed by atoms with Gasteiger partial charge in [0.05, 0.1) is 16.8 Å². The second kappa shape index (κ2) is 13.0. The zero-order valence-corrected chi connectivity index (χ0v) is 24.6. The van der Waals surface area contributed by atoms with Crippen molar-refractivity contribution in [2.45, 2.75) is 64.5 Å². The molecule has 3 aromatic carbocycles. The summed E-state index contributed by atoms with van der Waals surface area (Å²) in [4.78, 5) is 34.9. The first-order chi connectivity index (χ1) is 20.6. The molecule has 1 amide bonds. The minimum absolute atomic E-state index is 0.00649. The highest BCUT2D eigenvalue weighted by Gasteiger charge is 2.30. The first kappa shape index (κ1) is 28.3. The van der Waals surface area contributed by atoms with Crippen LogP contribution in [0.25, 0.3) is 22.2 Å². The van der Waals surface area contributed by atoms with Crippen molar-refractivity contribution in [1.82, 2.24) is 15.2 Å². The van der Waals surface area contributed by atoms with Crippen LogP contribution in [-0.2, 0) is 6.54 Å². The average Bonchev–Trinajstić information content (AvgIpc) is 3.05. The second-order valence-electron chi connectivity index (χ2n) is 12.1. The van der Waals surface area contributed by atoms with Gasteiger partial charge >= 0.3 is 0 Å². The minimum atomic E-state index is -0.00649. The summed E-state index contributed by atoms with van der Waals surface area (Å²) >= 11 is 0. The highest BCUT2D eigenvalue weighted by atomic mass is 16.1. The van der Waals surface area contributed by atoms with E-state index in [0.717, 1.165) is 64.8 Å². The van der Waals surface area contributed by atoms with Crippen LogP contribution in [0.2, 0.25) is 0 Å². The molecule has 0 spiro atoms. The van der Waals surface area contributed by atoms with E-state index < -0.39 is 0 Å². The monoisotopic (exact) mass is 559 g/mol. The van der Waals surface area contributed by atoms with Gasteiger partial charge in [-0.2, -0.15) is 0 Å². The molecular weight excluding hydrogens is 518 g/mol. The van der Waals surface area contributed by atoms with Crippen LogP contribution in [0.15, 0.2) is 84.9 Å². The Morgan fingerprint density at radius 2 is 1.48 bits per heavy atom. The van der Waals surface area contributed by atoms with Gasteiger partial charge in [0, 0.05) is 40.6 Å². The summed E-state index contributed by atoms with van der Waals surface area (Å²) in [6.07, 6.45) is 7.77. The summed E-state index contributed by atoms with van der Waals surface area (Å²) in [6.45, 7) is 4.41. The molecule has 4 aromatic rings. The fourth-order valence-corrected chi connectivity index (χ4v) is 6.95. The van der Waals surface area contributed by atoms with Crippen LogP contribution in [0.5, 0.6) is 0 Å². The van der Waals surface area contributed by atoms with Crippen LogP contribution in [0.1, 0.15) is 78.1 Å². The number of pyridine rings is 1. The molecule has 1 N–H and O–H groups in total. The van der Waals surface area contributed by atoms with Crippen molar-refractivity contribution in [2.24, 2.45) is 11.8 Å². The summed E-state index contributed by atoms with van der Waals surface area (Å²) in [5.74, 6) is 0.789. The van der Waals surface area contributed by atoms with E-state index in [1.165, 1.54) is 32.1 Å². The van der Waals surface area contributed by atoms with Gasteiger partial charge in [-0.3, -0.25) is 14.5 Å². The van der Waals surface area contributed by atoms with Crippen LogP contribution in [0, 0.1) is 11.8 Å². The Morgan fingerprint density at radius 1 is 0.833 bits per heavy atom. The van der Waals surface area contributed by atoms with E-state index in [4.69, 9.17) is 4.98 Å². The third-order valence-electron chi connectivity index (χ3n) is 9.38. The number of piperidine rings is 1. The van der Waals surface area contributed by atoms with Gasteiger partial charge in [-0.15, -0.1) is 0 Å². The van der Waals surface area contributed by atoms with E-state index >= 15 is 0 Å². The highest BCUT2D eigenvalue weighted by Crippen LogP contribution is 2.34. The average molecular weight is 560 g/mol. The number of nitrogens with zero attached hydrogens (tertiary/aromatic N) is 2. The predicted octanol–water partition coefficient (Wildman–Crippen LogP) is 7.70. The number of fused-ring (bicyclic) bond motifs is 1. The van der Waals surface area contributed by atoms with E-state index in [9.17, 15) is 9.59 Å². The highest BCUT2D eigenvalue weighted by molar-refractivity contribution is 6.09. The Hall–Kier alpha value is -3.83. The number of benzene rings is 3. The smallest absolute Gasteiger partial charge is 0.252 e. The molecule has 2 fully saturated rings. The Morgan fingerprint density at radius 3 is 2.19 bits per heavy atom. The van der Waals surface area contributed by atoms with Crippen LogP contribution in [0.4, 0.5) is 0 Å². The van der Waals surface area contributed by atoms with Gasteiger partial charge in [0.1, 0.15) is 0 Å². The number of carbonyl (C=O) groups is 2. The topological polar surface area (TPSA) is 62.3 Å². The Bertz CT molecular complexity index is 1520. The quantitative estimate of drug-likeness (QED) is 0.225. The summed E-state index contributed by atoms with van der Waals surface area (Å²) in [5.41, 5.74) is 5.23. The molecule has 1 aliphatic heterocycles. The van der Waals surface area contributed by atoms with E-state index in [0.29, 0.717) is 12.5 Å². The number of likely N-dealkylation sites (tertiary alicyclic amines) is 1. The van der Waals surface area contributed by atoms with Crippen molar-refractivity contribution in [1.29, 1.82) is 0 Å². The Kier molecular flexibility index (Phi) is 8.76. The number of aromatic nitrogens is 1. The zero-order chi connectivity index (χ0) is 28.9. The lowest BCUT2D eigenvalue weighted by molar-refractivity contribution is 0.0834. The third-order valence-corrected chi connectivity index (χ3v) is 9.38. The van der Waals surface area contributed by atoms with E-state index in [1.54, 1.807) is 0 Å².